The number of carbonyl (C=O) groups is 1. The predicted octanol–water partition coefficient (Wildman–Crippen LogP) is 2.65. The zero-order valence-corrected chi connectivity index (χ0v) is 8.58. The van der Waals surface area contributed by atoms with Crippen molar-refractivity contribution in [3.63, 3.8) is 0 Å². The molecular weight excluding hydrogens is 200 g/mol. The van der Waals surface area contributed by atoms with Crippen LogP contribution in [0.15, 0.2) is 43.1 Å². The summed E-state index contributed by atoms with van der Waals surface area (Å²) in [5.74, 6) is -0.117. The fourth-order valence-corrected chi connectivity index (χ4v) is 2.02. The summed E-state index contributed by atoms with van der Waals surface area (Å²) < 4.78 is 0. The van der Waals surface area contributed by atoms with E-state index >= 15 is 0 Å². The monoisotopic (exact) mass is 210 g/mol. The third kappa shape index (κ3) is 1.11. The molecule has 1 amide bonds. The minimum atomic E-state index is -0.117. The molecule has 0 bridgehead atoms. The van der Waals surface area contributed by atoms with Crippen molar-refractivity contribution < 1.29 is 4.79 Å². The lowest BCUT2D eigenvalue weighted by Crippen LogP contribution is -2.02. The third-order valence-corrected chi connectivity index (χ3v) is 2.78. The molecule has 0 aliphatic carbocycles. The number of hydrogen-bond donors (Lipinski definition) is 2. The van der Waals surface area contributed by atoms with Gasteiger partial charge in [-0.05, 0) is 18.2 Å². The Labute approximate surface area is 92.8 Å². The molecule has 1 aromatic heterocycles. The fourth-order valence-electron chi connectivity index (χ4n) is 2.02. The van der Waals surface area contributed by atoms with Crippen molar-refractivity contribution in [3.05, 3.63) is 48.7 Å². The zero-order chi connectivity index (χ0) is 11.1. The molecule has 2 aromatic rings. The van der Waals surface area contributed by atoms with Crippen LogP contribution in [0.1, 0.15) is 5.56 Å². The van der Waals surface area contributed by atoms with Crippen LogP contribution < -0.4 is 5.32 Å². The molecule has 0 atom stereocenters. The average molecular weight is 210 g/mol. The van der Waals surface area contributed by atoms with Crippen LogP contribution in [-0.4, -0.2) is 10.9 Å². The molecule has 1 aliphatic heterocycles. The van der Waals surface area contributed by atoms with Gasteiger partial charge in [0.2, 0.25) is 0 Å². The predicted molar refractivity (Wildman–Crippen MR) is 63.9 cm³/mol. The third-order valence-electron chi connectivity index (χ3n) is 2.78. The van der Waals surface area contributed by atoms with Gasteiger partial charge in [0.05, 0.1) is 0 Å². The molecule has 0 fully saturated rings. The molecule has 16 heavy (non-hydrogen) atoms. The summed E-state index contributed by atoms with van der Waals surface area (Å²) in [6.45, 7) is 3.82. The van der Waals surface area contributed by atoms with E-state index in [0.29, 0.717) is 5.57 Å². The lowest BCUT2D eigenvalue weighted by molar-refractivity contribution is -0.110. The average Bonchev–Trinajstić information content (AvgIpc) is 2.88. The number of hydrogen-bond acceptors (Lipinski definition) is 1. The zero-order valence-electron chi connectivity index (χ0n) is 8.58. The Morgan fingerprint density at radius 3 is 2.75 bits per heavy atom. The smallest absolute Gasteiger partial charge is 0.255 e. The van der Waals surface area contributed by atoms with E-state index in [4.69, 9.17) is 0 Å². The van der Waals surface area contributed by atoms with Crippen LogP contribution in [0.5, 0.6) is 0 Å². The molecule has 0 saturated carbocycles. The van der Waals surface area contributed by atoms with Crippen molar-refractivity contribution in [2.75, 3.05) is 5.32 Å². The second kappa shape index (κ2) is 3.10. The molecule has 1 aliphatic rings. The van der Waals surface area contributed by atoms with E-state index < -0.39 is 0 Å². The second-order valence-corrected chi connectivity index (χ2v) is 3.74. The summed E-state index contributed by atoms with van der Waals surface area (Å²) in [6.07, 6.45) is 1.86. The van der Waals surface area contributed by atoms with E-state index in [2.05, 4.69) is 16.9 Å². The van der Waals surface area contributed by atoms with Gasteiger partial charge < -0.3 is 10.3 Å². The number of aromatic amines is 1. The Hall–Kier alpha value is -2.29. The van der Waals surface area contributed by atoms with Crippen LogP contribution in [0.25, 0.3) is 16.8 Å². The molecule has 3 heteroatoms. The first-order valence-corrected chi connectivity index (χ1v) is 5.05. The van der Waals surface area contributed by atoms with Gasteiger partial charge in [0, 0.05) is 34.3 Å². The number of carbonyl (C=O) groups excluding carboxylic acids is 1. The summed E-state index contributed by atoms with van der Waals surface area (Å²) in [4.78, 5) is 14.7. The Kier molecular flexibility index (Phi) is 1.74. The number of nitrogens with one attached hydrogen (secondary N) is 2. The van der Waals surface area contributed by atoms with Gasteiger partial charge in [-0.25, -0.2) is 0 Å². The van der Waals surface area contributed by atoms with Crippen LogP contribution in [0.3, 0.4) is 0 Å². The number of benzene rings is 1. The Balaban J connectivity index is 2.27. The quantitative estimate of drug-likeness (QED) is 0.698. The van der Waals surface area contributed by atoms with Crippen LogP contribution >= 0.6 is 0 Å². The molecule has 2 heterocycles. The van der Waals surface area contributed by atoms with Crippen molar-refractivity contribution in [1.82, 2.24) is 4.98 Å². The Morgan fingerprint density at radius 2 is 2.00 bits per heavy atom. The highest BCUT2D eigenvalue weighted by Gasteiger charge is 2.25. The van der Waals surface area contributed by atoms with Crippen molar-refractivity contribution in [1.29, 1.82) is 0 Å². The van der Waals surface area contributed by atoms with E-state index in [1.807, 2.05) is 36.5 Å². The number of rotatable bonds is 1. The van der Waals surface area contributed by atoms with Gasteiger partial charge in [0.25, 0.3) is 5.91 Å². The summed E-state index contributed by atoms with van der Waals surface area (Å²) in [7, 11) is 0. The summed E-state index contributed by atoms with van der Waals surface area (Å²) in [5, 5.41) is 2.80. The second-order valence-electron chi connectivity index (χ2n) is 3.74. The van der Waals surface area contributed by atoms with Crippen molar-refractivity contribution in [2.45, 2.75) is 0 Å². The lowest BCUT2D eigenvalue weighted by atomic mass is 9.99. The molecule has 78 valence electrons. The molecule has 3 nitrogen and oxygen atoms in total. The maximum atomic E-state index is 11.5. The molecule has 0 spiro atoms. The van der Waals surface area contributed by atoms with Crippen LogP contribution in [-0.2, 0) is 4.79 Å². The Morgan fingerprint density at radius 1 is 1.12 bits per heavy atom. The van der Waals surface area contributed by atoms with Gasteiger partial charge in [-0.15, -0.1) is 0 Å². The topological polar surface area (TPSA) is 44.9 Å². The Bertz CT molecular complexity index is 582. The summed E-state index contributed by atoms with van der Waals surface area (Å²) in [6, 6.07) is 9.70. The summed E-state index contributed by atoms with van der Waals surface area (Å²) in [5.41, 5.74) is 4.26. The number of amides is 1. The maximum Gasteiger partial charge on any atom is 0.255 e. The van der Waals surface area contributed by atoms with Crippen molar-refractivity contribution >= 4 is 17.2 Å². The van der Waals surface area contributed by atoms with E-state index in [1.165, 1.54) is 0 Å². The highest BCUT2D eigenvalue weighted by atomic mass is 16.1. The minimum absolute atomic E-state index is 0.117. The number of anilines is 1. The standard InChI is InChI=1S/C13H10N2O/c1-8-12-9(10-6-3-7-14-10)4-2-5-11(12)15-13(8)16/h2-7,14H,1H2,(H,15,16). The van der Waals surface area contributed by atoms with E-state index in [9.17, 15) is 4.79 Å². The van der Waals surface area contributed by atoms with Gasteiger partial charge in [-0.3, -0.25) is 4.79 Å². The van der Waals surface area contributed by atoms with Crippen molar-refractivity contribution in [2.24, 2.45) is 0 Å². The van der Waals surface area contributed by atoms with Crippen LogP contribution in [0, 0.1) is 0 Å². The SMILES string of the molecule is C=C1C(=O)Nc2cccc(-c3ccc[nH]3)c21. The summed E-state index contributed by atoms with van der Waals surface area (Å²) >= 11 is 0. The highest BCUT2D eigenvalue weighted by molar-refractivity contribution is 6.32. The van der Waals surface area contributed by atoms with Gasteiger partial charge in [0.1, 0.15) is 0 Å². The van der Waals surface area contributed by atoms with Crippen LogP contribution in [0.2, 0.25) is 0 Å². The first-order chi connectivity index (χ1) is 7.77. The molecule has 0 radical (unpaired) electrons. The molecule has 0 saturated heterocycles. The molecule has 3 rings (SSSR count). The van der Waals surface area contributed by atoms with E-state index in [1.54, 1.807) is 0 Å². The van der Waals surface area contributed by atoms with Gasteiger partial charge in [0.15, 0.2) is 0 Å². The molecular formula is C13H10N2O. The van der Waals surface area contributed by atoms with E-state index in [-0.39, 0.29) is 5.91 Å². The first-order valence-electron chi connectivity index (χ1n) is 5.05. The fraction of sp³-hybridized carbons (Fsp3) is 0. The van der Waals surface area contributed by atoms with E-state index in [0.717, 1.165) is 22.5 Å². The number of H-pyrrole nitrogens is 1. The largest absolute Gasteiger partial charge is 0.361 e. The van der Waals surface area contributed by atoms with Crippen LogP contribution in [0.4, 0.5) is 5.69 Å². The van der Waals surface area contributed by atoms with Gasteiger partial charge >= 0.3 is 0 Å². The van der Waals surface area contributed by atoms with Gasteiger partial charge in [-0.2, -0.15) is 0 Å². The lowest BCUT2D eigenvalue weighted by Gasteiger charge is -2.05. The minimum Gasteiger partial charge on any atom is -0.361 e. The van der Waals surface area contributed by atoms with Crippen molar-refractivity contribution in [3.8, 4) is 11.3 Å². The molecule has 0 unspecified atom stereocenters. The maximum absolute atomic E-state index is 11.5. The number of aromatic nitrogens is 1. The first kappa shape index (κ1) is 8.97. The molecule has 1 aromatic carbocycles. The highest BCUT2D eigenvalue weighted by Crippen LogP contribution is 2.37. The number of fused-ring (bicyclic) bond motifs is 1. The molecule has 2 N–H and O–H groups in total. The normalized spacial score (nSPS) is 13.8. The van der Waals surface area contributed by atoms with Gasteiger partial charge in [-0.1, -0.05) is 18.7 Å².